The Hall–Kier alpha value is -1.03. The largest absolute Gasteiger partial charge is 0.481 e. The second-order valence-corrected chi connectivity index (χ2v) is 17.3. The third-order valence-electron chi connectivity index (χ3n) is 14.9. The zero-order valence-electron chi connectivity index (χ0n) is 27.1. The van der Waals surface area contributed by atoms with Gasteiger partial charge in [0.1, 0.15) is 18.3 Å². The summed E-state index contributed by atoms with van der Waals surface area (Å²) in [7, 11) is 0. The first-order valence-electron chi connectivity index (χ1n) is 16.8. The van der Waals surface area contributed by atoms with Gasteiger partial charge >= 0.3 is 5.97 Å². The molecule has 0 spiro atoms. The SMILES string of the molecule is CC1(C)CC[C@]2(C(=O)O)CC[C@]3(C)C(=CC[C@@H]4[C@@]5(C)CC[C@H](O)[C@@](C)(CO[C@@H]6OC[C@H](O)[C@H](O)[C@H]6O)[C@@H]5CC[C@]43C)[C@@H]2C1. The van der Waals surface area contributed by atoms with Crippen molar-refractivity contribution < 1.29 is 39.8 Å². The van der Waals surface area contributed by atoms with Gasteiger partial charge in [0.2, 0.25) is 0 Å². The van der Waals surface area contributed by atoms with Crippen LogP contribution in [0.25, 0.3) is 0 Å². The van der Waals surface area contributed by atoms with E-state index in [-0.39, 0.29) is 46.7 Å². The van der Waals surface area contributed by atoms with Crippen LogP contribution in [0.15, 0.2) is 11.6 Å². The minimum atomic E-state index is -1.36. The highest BCUT2D eigenvalue weighted by molar-refractivity contribution is 5.76. The maximum atomic E-state index is 12.9. The topological polar surface area (TPSA) is 137 Å². The second-order valence-electron chi connectivity index (χ2n) is 17.3. The molecule has 8 heteroatoms. The number of hydrogen-bond donors (Lipinski definition) is 5. The monoisotopic (exact) mass is 604 g/mol. The van der Waals surface area contributed by atoms with Crippen LogP contribution in [0.2, 0.25) is 0 Å². The molecular weight excluding hydrogens is 548 g/mol. The van der Waals surface area contributed by atoms with Gasteiger partial charge in [0.05, 0.1) is 24.7 Å². The van der Waals surface area contributed by atoms with Gasteiger partial charge in [0.15, 0.2) is 6.29 Å². The molecule has 4 saturated carbocycles. The summed E-state index contributed by atoms with van der Waals surface area (Å²) >= 11 is 0. The van der Waals surface area contributed by atoms with Gasteiger partial charge in [-0.2, -0.15) is 0 Å². The quantitative estimate of drug-likeness (QED) is 0.292. The standard InChI is InChI=1S/C35H56O8/c1-30(2)13-15-35(29(40)41)16-14-33(5)20(21(35)17-30)7-8-24-31(3)11-10-25(37)32(4,23(31)9-12-34(24,33)6)19-43-28-27(39)26(38)22(36)18-42-28/h7,21-28,36-39H,8-19H2,1-6H3,(H,40,41)/t21-,22-,23+,24+,25-,26-,27+,28-,31-,32-,33+,34+,35-/m0/s1. The molecule has 0 radical (unpaired) electrons. The molecule has 1 heterocycles. The van der Waals surface area contributed by atoms with Gasteiger partial charge in [-0.25, -0.2) is 0 Å². The smallest absolute Gasteiger partial charge is 0.310 e. The molecule has 0 amide bonds. The van der Waals surface area contributed by atoms with E-state index in [4.69, 9.17) is 9.47 Å². The van der Waals surface area contributed by atoms with E-state index in [1.165, 1.54) is 5.57 Å². The summed E-state index contributed by atoms with van der Waals surface area (Å²) in [5.74, 6) is 0.0529. The van der Waals surface area contributed by atoms with E-state index >= 15 is 0 Å². The van der Waals surface area contributed by atoms with E-state index in [9.17, 15) is 30.3 Å². The van der Waals surface area contributed by atoms with Gasteiger partial charge in [0.25, 0.3) is 0 Å². The number of aliphatic carboxylic acids is 1. The Morgan fingerprint density at radius 2 is 1.60 bits per heavy atom. The summed E-state index contributed by atoms with van der Waals surface area (Å²) in [6.07, 6.45) is 5.80. The number of carboxylic acid groups (broad SMARTS) is 1. The number of ether oxygens (including phenoxy) is 2. The molecule has 43 heavy (non-hydrogen) atoms. The average molecular weight is 605 g/mol. The third kappa shape index (κ3) is 4.40. The van der Waals surface area contributed by atoms with Crippen molar-refractivity contribution in [3.63, 3.8) is 0 Å². The molecule has 244 valence electrons. The fraction of sp³-hybridized carbons (Fsp3) is 0.914. The van der Waals surface area contributed by atoms with Gasteiger partial charge in [-0.15, -0.1) is 0 Å². The molecule has 0 aromatic carbocycles. The highest BCUT2D eigenvalue weighted by Gasteiger charge is 2.69. The Morgan fingerprint density at radius 3 is 2.30 bits per heavy atom. The predicted molar refractivity (Wildman–Crippen MR) is 161 cm³/mol. The van der Waals surface area contributed by atoms with Crippen molar-refractivity contribution >= 4 is 5.97 Å². The maximum absolute atomic E-state index is 12.9. The fourth-order valence-electron chi connectivity index (χ4n) is 11.8. The Bertz CT molecular complexity index is 1150. The zero-order chi connectivity index (χ0) is 31.4. The number of fused-ring (bicyclic) bond motifs is 7. The molecule has 1 aliphatic heterocycles. The summed E-state index contributed by atoms with van der Waals surface area (Å²) in [6, 6.07) is 0. The van der Waals surface area contributed by atoms with Gasteiger partial charge in [-0.3, -0.25) is 4.79 Å². The van der Waals surface area contributed by atoms with Crippen LogP contribution in [0.4, 0.5) is 0 Å². The summed E-state index contributed by atoms with van der Waals surface area (Å²) in [6.45, 7) is 14.2. The Labute approximate surface area is 257 Å². The molecule has 8 nitrogen and oxygen atoms in total. The van der Waals surface area contributed by atoms with Gasteiger partial charge in [0, 0.05) is 5.41 Å². The van der Waals surface area contributed by atoms with Crippen molar-refractivity contribution in [3.05, 3.63) is 11.6 Å². The van der Waals surface area contributed by atoms with Crippen molar-refractivity contribution in [3.8, 4) is 0 Å². The van der Waals surface area contributed by atoms with Gasteiger partial charge in [-0.05, 0) is 104 Å². The first-order valence-corrected chi connectivity index (χ1v) is 16.8. The Morgan fingerprint density at radius 1 is 0.907 bits per heavy atom. The fourth-order valence-corrected chi connectivity index (χ4v) is 11.8. The van der Waals surface area contributed by atoms with Crippen molar-refractivity contribution in [1.29, 1.82) is 0 Å². The molecule has 0 bridgehead atoms. The molecule has 0 aromatic heterocycles. The van der Waals surface area contributed by atoms with E-state index in [0.29, 0.717) is 12.3 Å². The zero-order valence-corrected chi connectivity index (χ0v) is 27.1. The van der Waals surface area contributed by atoms with Crippen LogP contribution in [0.1, 0.15) is 106 Å². The number of rotatable bonds is 4. The molecule has 0 aromatic rings. The first-order chi connectivity index (χ1) is 20.0. The number of carboxylic acids is 1. The lowest BCUT2D eigenvalue weighted by Crippen LogP contribution is -2.66. The number of carbonyl (C=O) groups is 1. The highest BCUT2D eigenvalue weighted by atomic mass is 16.7. The van der Waals surface area contributed by atoms with E-state index in [1.54, 1.807) is 0 Å². The first kappa shape index (κ1) is 31.9. The minimum absolute atomic E-state index is 0.0154. The molecule has 6 rings (SSSR count). The highest BCUT2D eigenvalue weighted by Crippen LogP contribution is 2.75. The summed E-state index contributed by atoms with van der Waals surface area (Å²) in [4.78, 5) is 12.9. The van der Waals surface area contributed by atoms with Gasteiger partial charge < -0.3 is 35.0 Å². The Balaban J connectivity index is 1.31. The number of aliphatic hydroxyl groups is 4. The molecule has 5 fully saturated rings. The van der Waals surface area contributed by atoms with Crippen LogP contribution in [-0.4, -0.2) is 75.4 Å². The summed E-state index contributed by atoms with van der Waals surface area (Å²) < 4.78 is 11.7. The van der Waals surface area contributed by atoms with Gasteiger partial charge in [-0.1, -0.05) is 53.2 Å². The van der Waals surface area contributed by atoms with Crippen molar-refractivity contribution in [2.45, 2.75) is 136 Å². The van der Waals surface area contributed by atoms with Crippen LogP contribution in [0.3, 0.4) is 0 Å². The molecule has 0 unspecified atom stereocenters. The van der Waals surface area contributed by atoms with Crippen molar-refractivity contribution in [2.75, 3.05) is 13.2 Å². The van der Waals surface area contributed by atoms with E-state index in [2.05, 4.69) is 47.6 Å². The van der Waals surface area contributed by atoms with E-state index in [1.807, 2.05) is 0 Å². The molecule has 6 aliphatic rings. The van der Waals surface area contributed by atoms with Crippen molar-refractivity contribution in [1.82, 2.24) is 0 Å². The van der Waals surface area contributed by atoms with Crippen molar-refractivity contribution in [2.24, 2.45) is 50.2 Å². The minimum Gasteiger partial charge on any atom is -0.481 e. The Kier molecular flexibility index (Phi) is 7.60. The van der Waals surface area contributed by atoms with Crippen LogP contribution < -0.4 is 0 Å². The van der Waals surface area contributed by atoms with Crippen LogP contribution in [0, 0.1) is 50.2 Å². The van der Waals surface area contributed by atoms with Crippen LogP contribution in [0.5, 0.6) is 0 Å². The normalized spacial score (nSPS) is 54.3. The lowest BCUT2D eigenvalue weighted by molar-refractivity contribution is -0.291. The lowest BCUT2D eigenvalue weighted by atomic mass is 9.33. The maximum Gasteiger partial charge on any atom is 0.310 e. The molecule has 1 saturated heterocycles. The summed E-state index contributed by atoms with van der Waals surface area (Å²) in [5.41, 5.74) is 0.232. The average Bonchev–Trinajstić information content (AvgIpc) is 2.93. The molecule has 5 aliphatic carbocycles. The molecule has 13 atom stereocenters. The molecular formula is C35H56O8. The third-order valence-corrected chi connectivity index (χ3v) is 14.9. The second kappa shape index (κ2) is 10.2. The summed E-state index contributed by atoms with van der Waals surface area (Å²) in [5, 5.41) is 52.6. The van der Waals surface area contributed by atoms with E-state index < -0.39 is 47.5 Å². The predicted octanol–water partition coefficient (Wildman–Crippen LogP) is 4.67. The van der Waals surface area contributed by atoms with Crippen LogP contribution >= 0.6 is 0 Å². The number of allylic oxidation sites excluding steroid dienone is 2. The van der Waals surface area contributed by atoms with Crippen LogP contribution in [-0.2, 0) is 14.3 Å². The number of hydrogen-bond acceptors (Lipinski definition) is 7. The lowest BCUT2D eigenvalue weighted by Gasteiger charge is -2.71. The van der Waals surface area contributed by atoms with E-state index in [0.717, 1.165) is 57.8 Å². The molecule has 5 N–H and O–H groups in total. The number of aliphatic hydroxyl groups excluding tert-OH is 4.